The van der Waals surface area contributed by atoms with E-state index in [1.165, 1.54) is 44.9 Å². The number of anilines is 2. The summed E-state index contributed by atoms with van der Waals surface area (Å²) < 4.78 is 6.06. The lowest BCUT2D eigenvalue weighted by molar-refractivity contribution is 0.0234. The fourth-order valence-corrected chi connectivity index (χ4v) is 6.35. The molecule has 0 spiro atoms. The average Bonchev–Trinajstić information content (AvgIpc) is 3.15. The van der Waals surface area contributed by atoms with Crippen LogP contribution in [-0.4, -0.2) is 68.6 Å². The molecule has 182 valence electrons. The van der Waals surface area contributed by atoms with E-state index in [4.69, 9.17) is 25.5 Å². The summed E-state index contributed by atoms with van der Waals surface area (Å²) in [6.07, 6.45) is 12.1. The van der Waals surface area contributed by atoms with Crippen molar-refractivity contribution < 1.29 is 24.5 Å². The summed E-state index contributed by atoms with van der Waals surface area (Å²) in [5.74, 6) is 2.53. The summed E-state index contributed by atoms with van der Waals surface area (Å²) in [7, 11) is 0. The van der Waals surface area contributed by atoms with Gasteiger partial charge in [0.05, 0.1) is 6.04 Å². The van der Waals surface area contributed by atoms with E-state index in [0.29, 0.717) is 11.9 Å². The second kappa shape index (κ2) is 10.4. The van der Waals surface area contributed by atoms with Gasteiger partial charge in [-0.3, -0.25) is 4.90 Å². The van der Waals surface area contributed by atoms with E-state index in [0.717, 1.165) is 44.1 Å². The van der Waals surface area contributed by atoms with E-state index in [1.807, 2.05) is 6.07 Å². The molecule has 10 heteroatoms. The highest BCUT2D eigenvalue weighted by Gasteiger charge is 2.51. The lowest BCUT2D eigenvalue weighted by Crippen LogP contribution is -2.52. The summed E-state index contributed by atoms with van der Waals surface area (Å²) in [4.78, 5) is 34.2. The van der Waals surface area contributed by atoms with Crippen LogP contribution >= 0.6 is 0 Å². The number of hydrogen-bond donors (Lipinski definition) is 3. The average molecular weight is 462 g/mol. The van der Waals surface area contributed by atoms with Gasteiger partial charge in [0.15, 0.2) is 0 Å². The standard InChI is InChI=1S/C22H33N5O2.CH2O3/c23-21-24-12-9-19(25-21)26-13-10-16(11-14-26)27-18-8-4-7-17(20(18)29-22(27)28)15-5-2-1-3-6-15;2-1(3)4/h9,12,15-18,20H,1-8,10-11,13-14H2,(H2,23,24,25);(H2,2,3,4). The third-order valence-corrected chi connectivity index (χ3v) is 7.74. The van der Waals surface area contributed by atoms with Crippen molar-refractivity contribution in [1.29, 1.82) is 0 Å². The van der Waals surface area contributed by atoms with Gasteiger partial charge in [-0.05, 0) is 37.7 Å². The highest BCUT2D eigenvalue weighted by atomic mass is 16.6. The molecule has 2 aliphatic carbocycles. The molecule has 4 fully saturated rings. The quantitative estimate of drug-likeness (QED) is 0.612. The van der Waals surface area contributed by atoms with Crippen molar-refractivity contribution in [3.05, 3.63) is 12.3 Å². The molecule has 0 bridgehead atoms. The van der Waals surface area contributed by atoms with Crippen LogP contribution in [-0.2, 0) is 4.74 Å². The Bertz CT molecular complexity index is 821. The highest BCUT2D eigenvalue weighted by molar-refractivity contribution is 5.71. The number of fused-ring (bicyclic) bond motifs is 1. The SMILES string of the molecule is Nc1nccc(N2CCC(N3C(=O)OC4C(C5CCCCC5)CCCC43)CC2)n1.O=C(O)O. The Morgan fingerprint density at radius 1 is 1.03 bits per heavy atom. The minimum Gasteiger partial charge on any atom is -0.450 e. The second-order valence-corrected chi connectivity index (χ2v) is 9.59. The Morgan fingerprint density at radius 2 is 1.73 bits per heavy atom. The lowest BCUT2D eigenvalue weighted by atomic mass is 9.70. The van der Waals surface area contributed by atoms with Crippen LogP contribution in [0.1, 0.15) is 64.2 Å². The molecular weight excluding hydrogens is 426 g/mol. The van der Waals surface area contributed by atoms with E-state index in [1.54, 1.807) is 6.20 Å². The van der Waals surface area contributed by atoms with Crippen molar-refractivity contribution in [2.75, 3.05) is 23.7 Å². The minimum atomic E-state index is -1.83. The normalized spacial score (nSPS) is 28.5. The Balaban J connectivity index is 0.000000601. The number of carboxylic acid groups (broad SMARTS) is 2. The Morgan fingerprint density at radius 3 is 2.39 bits per heavy atom. The number of carbonyl (C=O) groups is 2. The predicted molar refractivity (Wildman–Crippen MR) is 122 cm³/mol. The van der Waals surface area contributed by atoms with Gasteiger partial charge < -0.3 is 25.6 Å². The molecule has 1 amide bonds. The van der Waals surface area contributed by atoms with Gasteiger partial charge >= 0.3 is 12.2 Å². The molecule has 2 aliphatic heterocycles. The maximum Gasteiger partial charge on any atom is 0.503 e. The zero-order chi connectivity index (χ0) is 23.4. The van der Waals surface area contributed by atoms with Crippen molar-refractivity contribution in [3.63, 3.8) is 0 Å². The van der Waals surface area contributed by atoms with Crippen LogP contribution in [0.2, 0.25) is 0 Å². The van der Waals surface area contributed by atoms with Crippen molar-refractivity contribution in [1.82, 2.24) is 14.9 Å². The number of nitrogens with two attached hydrogens (primary N) is 1. The van der Waals surface area contributed by atoms with Crippen molar-refractivity contribution >= 4 is 24.0 Å². The van der Waals surface area contributed by atoms with Crippen LogP contribution in [0, 0.1) is 11.8 Å². The van der Waals surface area contributed by atoms with E-state index < -0.39 is 6.16 Å². The molecule has 1 aromatic rings. The largest absolute Gasteiger partial charge is 0.503 e. The van der Waals surface area contributed by atoms with Crippen LogP contribution in [0.25, 0.3) is 0 Å². The molecule has 4 aliphatic rings. The van der Waals surface area contributed by atoms with Crippen LogP contribution < -0.4 is 10.6 Å². The Labute approximate surface area is 194 Å². The first kappa shape index (κ1) is 23.4. The number of amides is 1. The molecule has 3 atom stereocenters. The molecule has 10 nitrogen and oxygen atoms in total. The Hall–Kier alpha value is -2.78. The fraction of sp³-hybridized carbons (Fsp3) is 0.739. The van der Waals surface area contributed by atoms with Gasteiger partial charge in [0.2, 0.25) is 5.95 Å². The maximum absolute atomic E-state index is 12.9. The topological polar surface area (TPSA) is 142 Å². The first-order valence-corrected chi connectivity index (χ1v) is 12.2. The number of ether oxygens (including phenoxy) is 1. The highest BCUT2D eigenvalue weighted by Crippen LogP contribution is 2.45. The minimum absolute atomic E-state index is 0.0626. The zero-order valence-corrected chi connectivity index (χ0v) is 19.0. The lowest BCUT2D eigenvalue weighted by Gasteiger charge is -2.42. The van der Waals surface area contributed by atoms with Gasteiger partial charge in [0.1, 0.15) is 11.9 Å². The molecule has 5 rings (SSSR count). The smallest absolute Gasteiger partial charge is 0.450 e. The molecule has 2 saturated carbocycles. The number of carbonyl (C=O) groups excluding carboxylic acids is 1. The first-order valence-electron chi connectivity index (χ1n) is 12.2. The summed E-state index contributed by atoms with van der Waals surface area (Å²) in [5, 5.41) is 13.9. The van der Waals surface area contributed by atoms with E-state index in [2.05, 4.69) is 19.8 Å². The molecule has 33 heavy (non-hydrogen) atoms. The van der Waals surface area contributed by atoms with E-state index in [9.17, 15) is 4.79 Å². The van der Waals surface area contributed by atoms with Crippen LogP contribution in [0.4, 0.5) is 21.4 Å². The van der Waals surface area contributed by atoms with Crippen LogP contribution in [0.3, 0.4) is 0 Å². The summed E-state index contributed by atoms with van der Waals surface area (Å²) >= 11 is 0. The fourth-order valence-electron chi connectivity index (χ4n) is 6.35. The summed E-state index contributed by atoms with van der Waals surface area (Å²) in [5.41, 5.74) is 5.74. The van der Waals surface area contributed by atoms with Crippen molar-refractivity contribution in [2.45, 2.75) is 82.4 Å². The molecule has 2 saturated heterocycles. The molecule has 0 radical (unpaired) electrons. The van der Waals surface area contributed by atoms with Gasteiger partial charge in [-0.2, -0.15) is 4.98 Å². The number of nitrogens with zero attached hydrogens (tertiary/aromatic N) is 4. The predicted octanol–water partition coefficient (Wildman–Crippen LogP) is 3.82. The number of piperidine rings is 1. The monoisotopic (exact) mass is 461 g/mol. The zero-order valence-electron chi connectivity index (χ0n) is 19.0. The molecule has 3 heterocycles. The summed E-state index contributed by atoms with van der Waals surface area (Å²) in [6.45, 7) is 1.77. The molecule has 4 N–H and O–H groups in total. The molecule has 3 unspecified atom stereocenters. The maximum atomic E-state index is 12.9. The van der Waals surface area contributed by atoms with Crippen molar-refractivity contribution in [3.8, 4) is 0 Å². The number of nitrogen functional groups attached to an aromatic ring is 1. The third-order valence-electron chi connectivity index (χ3n) is 7.74. The number of aromatic nitrogens is 2. The van der Waals surface area contributed by atoms with Crippen LogP contribution in [0.5, 0.6) is 0 Å². The van der Waals surface area contributed by atoms with Gasteiger partial charge in [-0.1, -0.05) is 38.5 Å². The Kier molecular flexibility index (Phi) is 7.39. The van der Waals surface area contributed by atoms with E-state index >= 15 is 0 Å². The molecule has 1 aromatic heterocycles. The third kappa shape index (κ3) is 5.42. The van der Waals surface area contributed by atoms with Crippen LogP contribution in [0.15, 0.2) is 12.3 Å². The van der Waals surface area contributed by atoms with E-state index in [-0.39, 0.29) is 24.3 Å². The molecule has 0 aromatic carbocycles. The van der Waals surface area contributed by atoms with Gasteiger partial charge in [-0.25, -0.2) is 14.6 Å². The van der Waals surface area contributed by atoms with Gasteiger partial charge in [-0.15, -0.1) is 0 Å². The number of rotatable bonds is 3. The first-order chi connectivity index (χ1) is 15.9. The summed E-state index contributed by atoms with van der Waals surface area (Å²) in [6, 6.07) is 2.47. The second-order valence-electron chi connectivity index (χ2n) is 9.59. The van der Waals surface area contributed by atoms with Crippen molar-refractivity contribution in [2.24, 2.45) is 11.8 Å². The molecular formula is C23H35N5O5. The number of hydrogen-bond acceptors (Lipinski definition) is 7. The van der Waals surface area contributed by atoms with Gasteiger partial charge in [0.25, 0.3) is 0 Å². The van der Waals surface area contributed by atoms with Gasteiger partial charge in [0, 0.05) is 31.2 Å².